The van der Waals surface area contributed by atoms with Gasteiger partial charge in [-0.3, -0.25) is 9.69 Å². The van der Waals surface area contributed by atoms with E-state index in [2.05, 4.69) is 103 Å². The van der Waals surface area contributed by atoms with Crippen molar-refractivity contribution in [3.05, 3.63) is 101 Å². The number of aliphatic carboxylic acids is 1. The number of hydrogen-bond donors (Lipinski definition) is 2. The zero-order valence-corrected chi connectivity index (χ0v) is 24.5. The Balaban J connectivity index is 0.00000210. The average Bonchev–Trinajstić information content (AvgIpc) is 2.93. The van der Waals surface area contributed by atoms with Gasteiger partial charge in [0.1, 0.15) is 5.75 Å². The predicted octanol–water partition coefficient (Wildman–Crippen LogP) is 6.36. The average molecular weight is 572 g/mol. The molecule has 5 nitrogen and oxygen atoms in total. The molecule has 6 rings (SSSR count). The molecule has 3 aliphatic rings. The van der Waals surface area contributed by atoms with Crippen molar-refractivity contribution in [2.45, 2.75) is 50.7 Å². The first-order valence-corrected chi connectivity index (χ1v) is 13.4. The summed E-state index contributed by atoms with van der Waals surface area (Å²) in [6.45, 7) is 6.57. The number of piperidine rings is 3. The second kappa shape index (κ2) is 13.7. The third-order valence-corrected chi connectivity index (χ3v) is 8.42. The number of methoxy groups -OCH3 is 1. The van der Waals surface area contributed by atoms with Crippen LogP contribution in [0.4, 0.5) is 0 Å². The Morgan fingerprint density at radius 1 is 0.974 bits per heavy atom. The van der Waals surface area contributed by atoms with Crippen molar-refractivity contribution in [3.8, 4) is 5.75 Å². The quantitative estimate of drug-likeness (QED) is 0.313. The number of benzene rings is 3. The SMILES string of the molecule is COc1ccc(C(C)C)cc1CNC1C2CCN(CC2C(=O)O)C1C(c1ccccc1)c1ccccc1.Cl.Cl. The topological polar surface area (TPSA) is 61.8 Å². The summed E-state index contributed by atoms with van der Waals surface area (Å²) < 4.78 is 5.71. The van der Waals surface area contributed by atoms with Crippen molar-refractivity contribution >= 4 is 30.8 Å². The van der Waals surface area contributed by atoms with E-state index >= 15 is 0 Å². The molecule has 0 aliphatic carbocycles. The minimum absolute atomic E-state index is 0. The van der Waals surface area contributed by atoms with Gasteiger partial charge >= 0.3 is 5.97 Å². The molecule has 0 radical (unpaired) electrons. The Hall–Kier alpha value is -2.57. The van der Waals surface area contributed by atoms with Gasteiger partial charge < -0.3 is 15.2 Å². The molecule has 0 spiro atoms. The van der Waals surface area contributed by atoms with E-state index in [9.17, 15) is 9.90 Å². The third-order valence-electron chi connectivity index (χ3n) is 8.42. The van der Waals surface area contributed by atoms with Crippen LogP contribution >= 0.6 is 24.8 Å². The van der Waals surface area contributed by atoms with E-state index in [0.717, 1.165) is 24.3 Å². The van der Waals surface area contributed by atoms with Gasteiger partial charge in [-0.25, -0.2) is 0 Å². The minimum atomic E-state index is -0.685. The highest BCUT2D eigenvalue weighted by Crippen LogP contribution is 2.44. The number of halogens is 2. The number of nitrogens with zero attached hydrogens (tertiary/aromatic N) is 1. The maximum Gasteiger partial charge on any atom is 0.308 e. The Morgan fingerprint density at radius 2 is 1.59 bits per heavy atom. The minimum Gasteiger partial charge on any atom is -0.496 e. The molecule has 3 saturated heterocycles. The van der Waals surface area contributed by atoms with Crippen LogP contribution < -0.4 is 10.1 Å². The summed E-state index contributed by atoms with van der Waals surface area (Å²) in [4.78, 5) is 14.8. The van der Waals surface area contributed by atoms with Crippen LogP contribution in [0, 0.1) is 11.8 Å². The van der Waals surface area contributed by atoms with Crippen LogP contribution in [0.5, 0.6) is 5.75 Å². The third kappa shape index (κ3) is 6.44. The van der Waals surface area contributed by atoms with E-state index in [1.165, 1.54) is 16.7 Å². The number of nitrogens with one attached hydrogen (secondary N) is 1. The monoisotopic (exact) mass is 570 g/mol. The van der Waals surface area contributed by atoms with E-state index in [1.807, 2.05) is 0 Å². The number of fused-ring (bicyclic) bond motifs is 3. The number of carbonyl (C=O) groups is 1. The lowest BCUT2D eigenvalue weighted by Gasteiger charge is -2.56. The van der Waals surface area contributed by atoms with Crippen LogP contribution in [0.2, 0.25) is 0 Å². The fourth-order valence-corrected chi connectivity index (χ4v) is 6.56. The van der Waals surface area contributed by atoms with Crippen molar-refractivity contribution in [3.63, 3.8) is 0 Å². The Morgan fingerprint density at radius 3 is 2.13 bits per heavy atom. The number of carboxylic acids is 1. The van der Waals surface area contributed by atoms with Crippen LogP contribution in [-0.4, -0.2) is 48.3 Å². The molecular formula is C32H40Cl2N2O3. The molecule has 0 aromatic heterocycles. The lowest BCUT2D eigenvalue weighted by atomic mass is 9.66. The molecule has 0 amide bonds. The molecule has 3 aromatic carbocycles. The molecule has 5 atom stereocenters. The fraction of sp³-hybridized carbons (Fsp3) is 0.406. The Bertz CT molecular complexity index is 1170. The predicted molar refractivity (Wildman–Crippen MR) is 162 cm³/mol. The summed E-state index contributed by atoms with van der Waals surface area (Å²) in [5, 5.41) is 14.0. The summed E-state index contributed by atoms with van der Waals surface area (Å²) in [6.07, 6.45) is 0.893. The van der Waals surface area contributed by atoms with Crippen LogP contribution in [0.25, 0.3) is 0 Å². The molecular weight excluding hydrogens is 531 g/mol. The first-order valence-electron chi connectivity index (χ1n) is 13.4. The maximum absolute atomic E-state index is 12.3. The van der Waals surface area contributed by atoms with Crippen LogP contribution in [0.15, 0.2) is 78.9 Å². The number of ether oxygens (including phenoxy) is 1. The molecule has 210 valence electrons. The standard InChI is InChI=1S/C32H38N2O3.2ClH/c1-21(2)24-14-15-28(37-3)25(18-24)19-33-30-26-16-17-34(20-27(26)32(35)36)31(30)29(22-10-6-4-7-11-22)23-12-8-5-9-13-23;;/h4-15,18,21,26-27,29-31,33H,16-17,19-20H2,1-3H3,(H,35,36);2*1H. The van der Waals surface area contributed by atoms with Crippen LogP contribution in [0.1, 0.15) is 54.4 Å². The molecule has 39 heavy (non-hydrogen) atoms. The number of rotatable bonds is 9. The van der Waals surface area contributed by atoms with Gasteiger partial charge in [-0.15, -0.1) is 24.8 Å². The van der Waals surface area contributed by atoms with E-state index in [1.54, 1.807) is 7.11 Å². The first-order chi connectivity index (χ1) is 18.0. The van der Waals surface area contributed by atoms with Crippen LogP contribution in [0.3, 0.4) is 0 Å². The van der Waals surface area contributed by atoms with Crippen LogP contribution in [-0.2, 0) is 11.3 Å². The zero-order chi connectivity index (χ0) is 25.9. The molecule has 2 N–H and O–H groups in total. The number of carboxylic acid groups (broad SMARTS) is 1. The molecule has 2 bridgehead atoms. The van der Waals surface area contributed by atoms with Crippen molar-refractivity contribution < 1.29 is 14.6 Å². The van der Waals surface area contributed by atoms with Gasteiger partial charge in [-0.1, -0.05) is 86.6 Å². The molecule has 5 unspecified atom stereocenters. The van der Waals surface area contributed by atoms with E-state index in [-0.39, 0.29) is 54.7 Å². The highest BCUT2D eigenvalue weighted by molar-refractivity contribution is 5.85. The summed E-state index contributed by atoms with van der Waals surface area (Å²) in [5.41, 5.74) is 4.93. The molecule has 3 aliphatic heterocycles. The molecule has 0 saturated carbocycles. The fourth-order valence-electron chi connectivity index (χ4n) is 6.56. The van der Waals surface area contributed by atoms with Gasteiger partial charge in [-0.05, 0) is 47.6 Å². The van der Waals surface area contributed by atoms with Crippen molar-refractivity contribution in [1.29, 1.82) is 0 Å². The Labute approximate surface area is 244 Å². The van der Waals surface area contributed by atoms with Crippen molar-refractivity contribution in [2.24, 2.45) is 11.8 Å². The highest BCUT2D eigenvalue weighted by Gasteiger charge is 2.52. The molecule has 3 heterocycles. The van der Waals surface area contributed by atoms with E-state index < -0.39 is 5.97 Å². The van der Waals surface area contributed by atoms with Gasteiger partial charge in [0, 0.05) is 36.7 Å². The second-order valence-electron chi connectivity index (χ2n) is 10.8. The largest absolute Gasteiger partial charge is 0.496 e. The summed E-state index contributed by atoms with van der Waals surface area (Å²) in [5.74, 6) is 0.454. The molecule has 3 aromatic rings. The number of hydrogen-bond acceptors (Lipinski definition) is 4. The lowest BCUT2D eigenvalue weighted by Crippen LogP contribution is -2.68. The van der Waals surface area contributed by atoms with Gasteiger partial charge in [0.05, 0.1) is 13.0 Å². The van der Waals surface area contributed by atoms with Gasteiger partial charge in [0.2, 0.25) is 0 Å². The van der Waals surface area contributed by atoms with Gasteiger partial charge in [-0.2, -0.15) is 0 Å². The summed E-state index contributed by atoms with van der Waals surface area (Å²) in [7, 11) is 1.71. The van der Waals surface area contributed by atoms with E-state index in [0.29, 0.717) is 19.0 Å². The summed E-state index contributed by atoms with van der Waals surface area (Å²) in [6, 6.07) is 28.0. The molecule has 3 fully saturated rings. The van der Waals surface area contributed by atoms with Gasteiger partial charge in [0.25, 0.3) is 0 Å². The van der Waals surface area contributed by atoms with Crippen molar-refractivity contribution in [1.82, 2.24) is 10.2 Å². The first kappa shape index (κ1) is 31.0. The van der Waals surface area contributed by atoms with Crippen molar-refractivity contribution in [2.75, 3.05) is 20.2 Å². The zero-order valence-electron chi connectivity index (χ0n) is 22.8. The second-order valence-corrected chi connectivity index (χ2v) is 10.8. The summed E-state index contributed by atoms with van der Waals surface area (Å²) >= 11 is 0. The Kier molecular flexibility index (Phi) is 10.9. The molecule has 7 heteroatoms. The van der Waals surface area contributed by atoms with E-state index in [4.69, 9.17) is 4.74 Å². The maximum atomic E-state index is 12.3. The lowest BCUT2D eigenvalue weighted by molar-refractivity contribution is -0.152. The van der Waals surface area contributed by atoms with Gasteiger partial charge in [0.15, 0.2) is 0 Å². The smallest absolute Gasteiger partial charge is 0.308 e. The highest BCUT2D eigenvalue weighted by atomic mass is 35.5. The normalized spacial score (nSPS) is 23.7.